The number of nitrogens with one attached hydrogen (secondary N) is 1. The second-order valence-electron chi connectivity index (χ2n) is 2.72. The normalized spacial score (nSPS) is 10.8. The van der Waals surface area contributed by atoms with Gasteiger partial charge < -0.3 is 4.84 Å². The lowest BCUT2D eigenvalue weighted by molar-refractivity contribution is 0.0448. The molecule has 0 amide bonds. The van der Waals surface area contributed by atoms with E-state index in [1.807, 2.05) is 25.6 Å². The summed E-state index contributed by atoms with van der Waals surface area (Å²) in [4.78, 5) is 5.04. The Kier molecular flexibility index (Phi) is 3.90. The molecule has 0 saturated heterocycles. The van der Waals surface area contributed by atoms with Gasteiger partial charge in [0.05, 0.1) is 29.0 Å². The summed E-state index contributed by atoms with van der Waals surface area (Å²) in [7, 11) is 1.92. The first-order valence-electron chi connectivity index (χ1n) is 4.19. The molecule has 5 heteroatoms. The van der Waals surface area contributed by atoms with E-state index in [0.29, 0.717) is 13.2 Å². The Labute approximate surface area is 86.3 Å². The van der Waals surface area contributed by atoms with Gasteiger partial charge >= 0.3 is 0 Å². The average Bonchev–Trinajstić information content (AvgIpc) is 2.32. The standard InChI is InChI=1S/C8H14BrN3O/c1-4-13-10-5-7-8(9)6(2)11-12(7)3/h10H,4-5H2,1-3H3. The van der Waals surface area contributed by atoms with Crippen molar-refractivity contribution >= 4 is 15.9 Å². The maximum absolute atomic E-state index is 5.04. The quantitative estimate of drug-likeness (QED) is 0.648. The van der Waals surface area contributed by atoms with Crippen molar-refractivity contribution in [1.29, 1.82) is 0 Å². The van der Waals surface area contributed by atoms with Crippen LogP contribution >= 0.6 is 15.9 Å². The van der Waals surface area contributed by atoms with E-state index in [4.69, 9.17) is 4.84 Å². The van der Waals surface area contributed by atoms with Crippen molar-refractivity contribution in [3.8, 4) is 0 Å². The molecule has 74 valence electrons. The SMILES string of the molecule is CCONCc1c(Br)c(C)nn1C. The minimum absolute atomic E-state index is 0.658. The largest absolute Gasteiger partial charge is 0.302 e. The fourth-order valence-electron chi connectivity index (χ4n) is 1.09. The van der Waals surface area contributed by atoms with Crippen LogP contribution in [0.3, 0.4) is 0 Å². The van der Waals surface area contributed by atoms with Gasteiger partial charge in [0.1, 0.15) is 0 Å². The van der Waals surface area contributed by atoms with E-state index in [1.165, 1.54) is 0 Å². The molecule has 0 aliphatic heterocycles. The van der Waals surface area contributed by atoms with Gasteiger partial charge in [-0.05, 0) is 29.8 Å². The highest BCUT2D eigenvalue weighted by Crippen LogP contribution is 2.19. The summed E-state index contributed by atoms with van der Waals surface area (Å²) in [6.45, 7) is 5.23. The second-order valence-corrected chi connectivity index (χ2v) is 3.52. The maximum atomic E-state index is 5.04. The molecule has 1 heterocycles. The van der Waals surface area contributed by atoms with Crippen molar-refractivity contribution in [3.63, 3.8) is 0 Å². The summed E-state index contributed by atoms with van der Waals surface area (Å²) in [5, 5.41) is 4.26. The molecule has 1 aromatic rings. The molecule has 0 bridgehead atoms. The molecule has 0 spiro atoms. The van der Waals surface area contributed by atoms with Crippen molar-refractivity contribution in [2.75, 3.05) is 6.61 Å². The molecule has 0 saturated carbocycles. The Hall–Kier alpha value is -0.390. The number of aryl methyl sites for hydroxylation is 2. The fraction of sp³-hybridized carbons (Fsp3) is 0.625. The summed E-state index contributed by atoms with van der Waals surface area (Å²) in [6, 6.07) is 0. The van der Waals surface area contributed by atoms with Crippen LogP contribution in [0.1, 0.15) is 18.3 Å². The summed E-state index contributed by atoms with van der Waals surface area (Å²) in [6.07, 6.45) is 0. The first-order valence-corrected chi connectivity index (χ1v) is 4.98. The van der Waals surface area contributed by atoms with Crippen molar-refractivity contribution in [1.82, 2.24) is 15.3 Å². The molecule has 0 atom stereocenters. The highest BCUT2D eigenvalue weighted by molar-refractivity contribution is 9.10. The first-order chi connectivity index (χ1) is 6.16. The van der Waals surface area contributed by atoms with Crippen LogP contribution in [0.2, 0.25) is 0 Å². The first kappa shape index (κ1) is 10.7. The minimum Gasteiger partial charge on any atom is -0.302 e. The number of aromatic nitrogens is 2. The van der Waals surface area contributed by atoms with Gasteiger partial charge in [0.25, 0.3) is 0 Å². The summed E-state index contributed by atoms with van der Waals surface area (Å²) >= 11 is 3.47. The Morgan fingerprint density at radius 2 is 2.31 bits per heavy atom. The molecule has 0 unspecified atom stereocenters. The van der Waals surface area contributed by atoms with Crippen LogP contribution in [0.15, 0.2) is 4.47 Å². The minimum atomic E-state index is 0.658. The van der Waals surface area contributed by atoms with Gasteiger partial charge in [0.15, 0.2) is 0 Å². The van der Waals surface area contributed by atoms with Crippen LogP contribution in [0, 0.1) is 6.92 Å². The van der Waals surface area contributed by atoms with E-state index in [1.54, 1.807) is 0 Å². The van der Waals surface area contributed by atoms with E-state index >= 15 is 0 Å². The third-order valence-corrected chi connectivity index (χ3v) is 2.78. The average molecular weight is 248 g/mol. The van der Waals surface area contributed by atoms with Gasteiger partial charge in [0, 0.05) is 7.05 Å². The smallest absolute Gasteiger partial charge is 0.0739 e. The van der Waals surface area contributed by atoms with E-state index in [0.717, 1.165) is 15.9 Å². The van der Waals surface area contributed by atoms with Gasteiger partial charge in [-0.1, -0.05) is 0 Å². The van der Waals surface area contributed by atoms with E-state index in [9.17, 15) is 0 Å². The summed E-state index contributed by atoms with van der Waals surface area (Å²) in [5.41, 5.74) is 4.94. The maximum Gasteiger partial charge on any atom is 0.0739 e. The number of rotatable bonds is 4. The Bertz CT molecular complexity index is 285. The molecule has 4 nitrogen and oxygen atoms in total. The van der Waals surface area contributed by atoms with Crippen LogP contribution in [0.5, 0.6) is 0 Å². The lowest BCUT2D eigenvalue weighted by atomic mass is 10.4. The van der Waals surface area contributed by atoms with Gasteiger partial charge in [-0.15, -0.1) is 0 Å². The molecular weight excluding hydrogens is 234 g/mol. The molecule has 0 fully saturated rings. The van der Waals surface area contributed by atoms with Crippen LogP contribution < -0.4 is 5.48 Å². The molecular formula is C8H14BrN3O. The molecule has 13 heavy (non-hydrogen) atoms. The van der Waals surface area contributed by atoms with Crippen LogP contribution in [0.25, 0.3) is 0 Å². The van der Waals surface area contributed by atoms with Crippen molar-refractivity contribution in [2.24, 2.45) is 7.05 Å². The Morgan fingerprint density at radius 1 is 1.62 bits per heavy atom. The van der Waals surface area contributed by atoms with Gasteiger partial charge in [0.2, 0.25) is 0 Å². The predicted octanol–water partition coefficient (Wildman–Crippen LogP) is 1.53. The molecule has 0 aliphatic carbocycles. The number of nitrogens with zero attached hydrogens (tertiary/aromatic N) is 2. The third kappa shape index (κ3) is 2.52. The molecule has 1 N–H and O–H groups in total. The van der Waals surface area contributed by atoms with E-state index in [2.05, 4.69) is 26.5 Å². The Balaban J connectivity index is 2.64. The third-order valence-electron chi connectivity index (χ3n) is 1.75. The zero-order valence-corrected chi connectivity index (χ0v) is 9.68. The molecule has 1 rings (SSSR count). The zero-order valence-electron chi connectivity index (χ0n) is 8.09. The van der Waals surface area contributed by atoms with Crippen LogP contribution in [0.4, 0.5) is 0 Å². The van der Waals surface area contributed by atoms with Crippen LogP contribution in [-0.4, -0.2) is 16.4 Å². The highest BCUT2D eigenvalue weighted by Gasteiger charge is 2.09. The molecule has 0 radical (unpaired) electrons. The topological polar surface area (TPSA) is 39.1 Å². The number of hydrogen-bond acceptors (Lipinski definition) is 3. The molecule has 0 aliphatic rings. The zero-order chi connectivity index (χ0) is 9.84. The lowest BCUT2D eigenvalue weighted by Crippen LogP contribution is -2.16. The van der Waals surface area contributed by atoms with Crippen molar-refractivity contribution < 1.29 is 4.84 Å². The number of halogens is 1. The van der Waals surface area contributed by atoms with Gasteiger partial charge in [-0.3, -0.25) is 4.68 Å². The monoisotopic (exact) mass is 247 g/mol. The van der Waals surface area contributed by atoms with Gasteiger partial charge in [-0.25, -0.2) is 0 Å². The highest BCUT2D eigenvalue weighted by atomic mass is 79.9. The summed E-state index contributed by atoms with van der Waals surface area (Å²) in [5.74, 6) is 0. The van der Waals surface area contributed by atoms with E-state index < -0.39 is 0 Å². The summed E-state index contributed by atoms with van der Waals surface area (Å²) < 4.78 is 2.88. The Morgan fingerprint density at radius 3 is 2.77 bits per heavy atom. The molecule has 0 aromatic carbocycles. The number of hydroxylamine groups is 1. The molecule has 1 aromatic heterocycles. The second kappa shape index (κ2) is 4.74. The van der Waals surface area contributed by atoms with Crippen LogP contribution in [-0.2, 0) is 18.4 Å². The number of hydrogen-bond donors (Lipinski definition) is 1. The van der Waals surface area contributed by atoms with Crippen molar-refractivity contribution in [3.05, 3.63) is 15.9 Å². The van der Waals surface area contributed by atoms with E-state index in [-0.39, 0.29) is 0 Å². The fourth-order valence-corrected chi connectivity index (χ4v) is 1.57. The lowest BCUT2D eigenvalue weighted by Gasteiger charge is -2.04. The van der Waals surface area contributed by atoms with Gasteiger partial charge in [-0.2, -0.15) is 10.6 Å². The predicted molar refractivity (Wildman–Crippen MR) is 54.1 cm³/mol. The van der Waals surface area contributed by atoms with Crippen molar-refractivity contribution in [2.45, 2.75) is 20.4 Å².